The summed E-state index contributed by atoms with van der Waals surface area (Å²) in [6, 6.07) is 4.14. The molecular formula is C32H53N3O. The summed E-state index contributed by atoms with van der Waals surface area (Å²) in [6.45, 7) is 22.3. The minimum atomic E-state index is 0.148. The van der Waals surface area contributed by atoms with Crippen LogP contribution >= 0.6 is 0 Å². The number of nitrogens with zero attached hydrogens (tertiary/aromatic N) is 2. The van der Waals surface area contributed by atoms with E-state index < -0.39 is 0 Å². The molecule has 4 atom stereocenters. The fourth-order valence-electron chi connectivity index (χ4n) is 4.60. The lowest BCUT2D eigenvalue weighted by atomic mass is 9.82. The van der Waals surface area contributed by atoms with E-state index in [1.165, 1.54) is 31.5 Å². The van der Waals surface area contributed by atoms with Gasteiger partial charge < -0.3 is 15.0 Å². The molecule has 4 unspecified atom stereocenters. The Bertz CT molecular complexity index is 899. The molecule has 1 aromatic carbocycles. The molecule has 1 aromatic rings. The van der Waals surface area contributed by atoms with Crippen molar-refractivity contribution in [2.45, 2.75) is 67.7 Å². The Hall–Kier alpha value is -2.33. The van der Waals surface area contributed by atoms with Gasteiger partial charge in [0.25, 0.3) is 0 Å². The van der Waals surface area contributed by atoms with Gasteiger partial charge in [-0.25, -0.2) is 0 Å². The van der Waals surface area contributed by atoms with Gasteiger partial charge in [-0.05, 0) is 81.8 Å². The molecule has 0 amide bonds. The average Bonchev–Trinajstić information content (AvgIpc) is 2.86. The zero-order valence-corrected chi connectivity index (χ0v) is 24.8. The molecule has 0 aliphatic carbocycles. The van der Waals surface area contributed by atoms with Gasteiger partial charge in [0.2, 0.25) is 0 Å². The molecule has 0 spiro atoms. The zero-order chi connectivity index (χ0) is 27.3. The fraction of sp³-hybridized carbons (Fsp3) is 0.594. The van der Waals surface area contributed by atoms with E-state index >= 15 is 0 Å². The maximum absolute atomic E-state index is 5.56. The van der Waals surface area contributed by atoms with E-state index in [-0.39, 0.29) is 5.92 Å². The Morgan fingerprint density at radius 2 is 1.86 bits per heavy atom. The summed E-state index contributed by atoms with van der Waals surface area (Å²) >= 11 is 0. The lowest BCUT2D eigenvalue weighted by Gasteiger charge is -2.26. The molecule has 0 radical (unpaired) electrons. The summed E-state index contributed by atoms with van der Waals surface area (Å²) in [7, 11) is 5.77. The summed E-state index contributed by atoms with van der Waals surface area (Å²) in [5, 5.41) is 3.54. The van der Waals surface area contributed by atoms with Crippen LogP contribution in [0.5, 0.6) is 5.75 Å². The summed E-state index contributed by atoms with van der Waals surface area (Å²) in [5.41, 5.74) is 4.43. The number of ether oxygens (including phenoxy) is 1. The lowest BCUT2D eigenvalue weighted by Crippen LogP contribution is -2.25. The fourth-order valence-corrected chi connectivity index (χ4v) is 4.60. The number of allylic oxidation sites excluding steroid dienone is 3. The molecule has 4 nitrogen and oxygen atoms in total. The van der Waals surface area contributed by atoms with Crippen LogP contribution in [0.2, 0.25) is 0 Å². The predicted octanol–water partition coefficient (Wildman–Crippen LogP) is 8.26. The Balaban J connectivity index is 2.92. The number of methoxy groups -OCH3 is 1. The highest BCUT2D eigenvalue weighted by Gasteiger charge is 2.18. The second-order valence-corrected chi connectivity index (χ2v) is 10.4. The van der Waals surface area contributed by atoms with Crippen molar-refractivity contribution in [1.82, 2.24) is 4.90 Å². The standard InChI is InChI=1S/C32H53N3O/c1-12-18-35(10)19-17-24(5)27(8)26(7)22-28(13-2)16-15-25(6)32(33-9)34-30-20-23(4)21-31(36-11)29(30)14-3/h14-16,20-22,24-27H,3,12-13,17-19H2,1-2,4-11H3,(H,33,34)/b16-15-,28-22-. The molecule has 0 aliphatic heterocycles. The number of hydrogen-bond acceptors (Lipinski definition) is 3. The number of benzene rings is 1. The topological polar surface area (TPSA) is 36.9 Å². The van der Waals surface area contributed by atoms with Crippen LogP contribution in [0.3, 0.4) is 0 Å². The highest BCUT2D eigenvalue weighted by molar-refractivity contribution is 6.00. The molecule has 0 heterocycles. The predicted molar refractivity (Wildman–Crippen MR) is 161 cm³/mol. The second-order valence-electron chi connectivity index (χ2n) is 10.4. The van der Waals surface area contributed by atoms with Gasteiger partial charge >= 0.3 is 0 Å². The van der Waals surface area contributed by atoms with Gasteiger partial charge in [-0.1, -0.05) is 78.0 Å². The van der Waals surface area contributed by atoms with Gasteiger partial charge in [-0.2, -0.15) is 0 Å². The zero-order valence-electron chi connectivity index (χ0n) is 24.8. The van der Waals surface area contributed by atoms with E-state index in [2.05, 4.69) is 102 Å². The van der Waals surface area contributed by atoms with E-state index in [1.807, 2.05) is 19.2 Å². The first-order valence-corrected chi connectivity index (χ1v) is 13.7. The van der Waals surface area contributed by atoms with Crippen molar-refractivity contribution < 1.29 is 4.74 Å². The van der Waals surface area contributed by atoms with Crippen molar-refractivity contribution in [2.24, 2.45) is 28.7 Å². The molecule has 4 heteroatoms. The molecule has 1 N–H and O–H groups in total. The van der Waals surface area contributed by atoms with Crippen LogP contribution in [0.1, 0.15) is 71.9 Å². The minimum absolute atomic E-state index is 0.148. The van der Waals surface area contributed by atoms with Gasteiger partial charge in [-0.15, -0.1) is 0 Å². The number of rotatable bonds is 15. The van der Waals surface area contributed by atoms with E-state index in [1.54, 1.807) is 7.11 Å². The number of nitrogens with one attached hydrogen (secondary N) is 1. The minimum Gasteiger partial charge on any atom is -0.496 e. The van der Waals surface area contributed by atoms with Crippen molar-refractivity contribution in [3.63, 3.8) is 0 Å². The molecule has 0 saturated heterocycles. The van der Waals surface area contributed by atoms with Crippen molar-refractivity contribution in [1.29, 1.82) is 0 Å². The SMILES string of the molecule is C=Cc1c(NC(=NC)C(C)/C=C\C(=C/C(C)C(C)C(C)CCN(C)CCC)CC)cc(C)cc1OC. The third-order valence-electron chi connectivity index (χ3n) is 7.43. The first-order chi connectivity index (χ1) is 17.1. The monoisotopic (exact) mass is 495 g/mol. The Labute approximate surface area is 222 Å². The number of aryl methyl sites for hydroxylation is 1. The summed E-state index contributed by atoms with van der Waals surface area (Å²) in [5.74, 6) is 3.77. The quantitative estimate of drug-likeness (QED) is 0.151. The number of hydrogen-bond donors (Lipinski definition) is 1. The molecule has 0 aromatic heterocycles. The molecular weight excluding hydrogens is 442 g/mol. The number of anilines is 1. The molecule has 0 saturated carbocycles. The second kappa shape index (κ2) is 16.4. The Morgan fingerprint density at radius 3 is 2.42 bits per heavy atom. The van der Waals surface area contributed by atoms with Crippen molar-refractivity contribution in [3.8, 4) is 5.75 Å². The Kier molecular flexibility index (Phi) is 14.5. The van der Waals surface area contributed by atoms with Gasteiger partial charge in [0.15, 0.2) is 0 Å². The molecule has 0 bridgehead atoms. The highest BCUT2D eigenvalue weighted by atomic mass is 16.5. The molecule has 36 heavy (non-hydrogen) atoms. The first-order valence-electron chi connectivity index (χ1n) is 13.7. The summed E-state index contributed by atoms with van der Waals surface area (Å²) in [6.07, 6.45) is 12.3. The van der Waals surface area contributed by atoms with Crippen molar-refractivity contribution in [2.75, 3.05) is 39.6 Å². The van der Waals surface area contributed by atoms with Crippen molar-refractivity contribution >= 4 is 17.6 Å². The summed E-state index contributed by atoms with van der Waals surface area (Å²) in [4.78, 5) is 7.02. The maximum atomic E-state index is 5.56. The van der Waals surface area contributed by atoms with Gasteiger partial charge in [0.05, 0.1) is 12.8 Å². The number of aliphatic imine (C=N–C) groups is 1. The van der Waals surface area contributed by atoms with E-state index in [0.29, 0.717) is 17.8 Å². The summed E-state index contributed by atoms with van der Waals surface area (Å²) < 4.78 is 5.56. The molecule has 202 valence electrons. The van der Waals surface area contributed by atoms with Crippen LogP contribution in [0, 0.1) is 30.6 Å². The van der Waals surface area contributed by atoms with Crippen molar-refractivity contribution in [3.05, 3.63) is 53.6 Å². The van der Waals surface area contributed by atoms with Crippen LogP contribution in [0.25, 0.3) is 6.08 Å². The lowest BCUT2D eigenvalue weighted by molar-refractivity contribution is 0.249. The van der Waals surface area contributed by atoms with Crippen LogP contribution in [-0.4, -0.2) is 45.0 Å². The first kappa shape index (κ1) is 31.7. The third-order valence-corrected chi connectivity index (χ3v) is 7.43. The van der Waals surface area contributed by atoms with Gasteiger partial charge in [0.1, 0.15) is 11.6 Å². The smallest absolute Gasteiger partial charge is 0.128 e. The van der Waals surface area contributed by atoms with Crippen LogP contribution in [0.15, 0.2) is 47.5 Å². The number of amidine groups is 1. The van der Waals surface area contributed by atoms with Crippen LogP contribution in [-0.2, 0) is 0 Å². The van der Waals surface area contributed by atoms with E-state index in [0.717, 1.165) is 34.8 Å². The average molecular weight is 496 g/mol. The maximum Gasteiger partial charge on any atom is 0.128 e. The van der Waals surface area contributed by atoms with E-state index in [4.69, 9.17) is 4.74 Å². The molecule has 1 rings (SSSR count). The molecule has 0 aliphatic rings. The van der Waals surface area contributed by atoms with E-state index in [9.17, 15) is 0 Å². The largest absolute Gasteiger partial charge is 0.496 e. The van der Waals surface area contributed by atoms with Crippen LogP contribution < -0.4 is 10.1 Å². The Morgan fingerprint density at radius 1 is 1.17 bits per heavy atom. The molecule has 0 fully saturated rings. The third kappa shape index (κ3) is 9.97. The van der Waals surface area contributed by atoms with Gasteiger partial charge in [0, 0.05) is 18.5 Å². The van der Waals surface area contributed by atoms with Crippen LogP contribution in [0.4, 0.5) is 5.69 Å². The highest BCUT2D eigenvalue weighted by Crippen LogP contribution is 2.30. The normalized spacial score (nSPS) is 16.2. The van der Waals surface area contributed by atoms with Gasteiger partial charge in [-0.3, -0.25) is 4.99 Å².